The molecule has 2 heterocycles. The minimum absolute atomic E-state index is 0.586. The van der Waals surface area contributed by atoms with E-state index >= 15 is 0 Å². The van der Waals surface area contributed by atoms with Gasteiger partial charge >= 0.3 is 0 Å². The van der Waals surface area contributed by atoms with Crippen LogP contribution in [0.5, 0.6) is 5.75 Å². The van der Waals surface area contributed by atoms with Crippen LogP contribution in [0.2, 0.25) is 0 Å². The van der Waals surface area contributed by atoms with E-state index in [4.69, 9.17) is 4.74 Å². The zero-order valence-corrected chi connectivity index (χ0v) is 11.5. The molecule has 3 rings (SSSR count). The summed E-state index contributed by atoms with van der Waals surface area (Å²) in [5, 5.41) is 10.4. The molecule has 0 amide bonds. The van der Waals surface area contributed by atoms with Crippen LogP contribution in [0.15, 0.2) is 48.9 Å². The van der Waals surface area contributed by atoms with Gasteiger partial charge in [-0.05, 0) is 35.9 Å². The molecular weight excluding hydrogens is 262 g/mol. The Morgan fingerprint density at radius 2 is 2.29 bits per heavy atom. The normalized spacial score (nSPS) is 11.3. The predicted molar refractivity (Wildman–Crippen MR) is 82.6 cm³/mol. The van der Waals surface area contributed by atoms with E-state index in [1.54, 1.807) is 19.5 Å². The molecule has 4 heteroatoms. The molecular formula is C17H13N3O. The summed E-state index contributed by atoms with van der Waals surface area (Å²) in [5.74, 6) is 0.766. The summed E-state index contributed by atoms with van der Waals surface area (Å²) in [6.45, 7) is 0. The maximum absolute atomic E-state index is 9.46. The number of hydrogen-bond acceptors (Lipinski definition) is 3. The number of fused-ring (bicyclic) bond motifs is 1. The van der Waals surface area contributed by atoms with Crippen molar-refractivity contribution in [2.45, 2.75) is 0 Å². The van der Waals surface area contributed by atoms with Gasteiger partial charge in [-0.1, -0.05) is 6.07 Å². The summed E-state index contributed by atoms with van der Waals surface area (Å²) in [6.07, 6.45) is 7.11. The number of aromatic amines is 1. The summed E-state index contributed by atoms with van der Waals surface area (Å²) in [5.41, 5.74) is 3.31. The Morgan fingerprint density at radius 1 is 1.38 bits per heavy atom. The van der Waals surface area contributed by atoms with E-state index in [9.17, 15) is 5.26 Å². The summed E-state index contributed by atoms with van der Waals surface area (Å²) in [4.78, 5) is 7.24. The third kappa shape index (κ3) is 2.49. The van der Waals surface area contributed by atoms with Gasteiger partial charge in [0.25, 0.3) is 0 Å². The molecule has 0 radical (unpaired) electrons. The molecule has 2 aromatic heterocycles. The highest BCUT2D eigenvalue weighted by molar-refractivity contribution is 6.01. The maximum Gasteiger partial charge on any atom is 0.119 e. The molecule has 102 valence electrons. The standard InChI is InChI=1S/C17H13N3O/c1-21-14-4-5-17-15(8-14)16(11-20-17)13(9-18)7-12-3-2-6-19-10-12/h2-8,10-11,20H,1H3/b13-7+. The second kappa shape index (κ2) is 5.51. The van der Waals surface area contributed by atoms with Crippen molar-refractivity contribution in [3.8, 4) is 11.8 Å². The smallest absolute Gasteiger partial charge is 0.119 e. The van der Waals surface area contributed by atoms with E-state index in [-0.39, 0.29) is 0 Å². The number of ether oxygens (including phenoxy) is 1. The Labute approximate surface area is 122 Å². The van der Waals surface area contributed by atoms with Gasteiger partial charge in [-0.15, -0.1) is 0 Å². The van der Waals surface area contributed by atoms with Crippen LogP contribution in [-0.2, 0) is 0 Å². The number of aromatic nitrogens is 2. The van der Waals surface area contributed by atoms with Crippen molar-refractivity contribution in [1.29, 1.82) is 5.26 Å². The molecule has 1 N–H and O–H groups in total. The lowest BCUT2D eigenvalue weighted by molar-refractivity contribution is 0.415. The number of nitriles is 1. The Morgan fingerprint density at radius 3 is 3.00 bits per heavy atom. The summed E-state index contributed by atoms with van der Waals surface area (Å²) >= 11 is 0. The molecule has 0 spiro atoms. The van der Waals surface area contributed by atoms with Crippen LogP contribution >= 0.6 is 0 Å². The first-order chi connectivity index (χ1) is 10.3. The van der Waals surface area contributed by atoms with Crippen LogP contribution in [0.4, 0.5) is 0 Å². The monoisotopic (exact) mass is 275 g/mol. The molecule has 0 saturated heterocycles. The summed E-state index contributed by atoms with van der Waals surface area (Å²) in [7, 11) is 1.63. The molecule has 0 atom stereocenters. The summed E-state index contributed by atoms with van der Waals surface area (Å²) in [6, 6.07) is 11.8. The Hall–Kier alpha value is -3.06. The number of rotatable bonds is 3. The first-order valence-corrected chi connectivity index (χ1v) is 6.49. The van der Waals surface area contributed by atoms with Gasteiger partial charge in [0.1, 0.15) is 5.75 Å². The lowest BCUT2D eigenvalue weighted by Crippen LogP contribution is -1.84. The highest BCUT2D eigenvalue weighted by Gasteiger charge is 2.09. The molecule has 1 aromatic carbocycles. The molecule has 0 saturated carbocycles. The van der Waals surface area contributed by atoms with Crippen molar-refractivity contribution in [3.63, 3.8) is 0 Å². The zero-order valence-electron chi connectivity index (χ0n) is 11.5. The Bertz CT molecular complexity index is 841. The van der Waals surface area contributed by atoms with Crippen molar-refractivity contribution >= 4 is 22.6 Å². The molecule has 0 aliphatic carbocycles. The SMILES string of the molecule is COc1ccc2[nH]cc(/C(C#N)=C/c3cccnc3)c2c1. The van der Waals surface area contributed by atoms with Crippen LogP contribution in [0.1, 0.15) is 11.1 Å². The molecule has 0 aliphatic rings. The predicted octanol–water partition coefficient (Wildman–Crippen LogP) is 3.64. The zero-order chi connectivity index (χ0) is 14.7. The fourth-order valence-corrected chi connectivity index (χ4v) is 2.25. The van der Waals surface area contributed by atoms with Crippen LogP contribution in [0.25, 0.3) is 22.6 Å². The molecule has 0 fully saturated rings. The third-order valence-corrected chi connectivity index (χ3v) is 3.29. The van der Waals surface area contributed by atoms with Crippen LogP contribution < -0.4 is 4.74 Å². The average molecular weight is 275 g/mol. The van der Waals surface area contributed by atoms with E-state index in [1.165, 1.54) is 0 Å². The molecule has 4 nitrogen and oxygen atoms in total. The summed E-state index contributed by atoms with van der Waals surface area (Å²) < 4.78 is 5.25. The Balaban J connectivity index is 2.14. The van der Waals surface area contributed by atoms with Gasteiger partial charge in [0.05, 0.1) is 18.8 Å². The number of pyridine rings is 1. The Kier molecular flexibility index (Phi) is 3.40. The molecule has 0 aliphatic heterocycles. The maximum atomic E-state index is 9.46. The van der Waals surface area contributed by atoms with Gasteiger partial charge in [0, 0.05) is 35.1 Å². The van der Waals surface area contributed by atoms with Crippen LogP contribution in [0.3, 0.4) is 0 Å². The van der Waals surface area contributed by atoms with E-state index in [1.807, 2.05) is 42.6 Å². The largest absolute Gasteiger partial charge is 0.497 e. The van der Waals surface area contributed by atoms with Gasteiger partial charge in [-0.3, -0.25) is 4.98 Å². The highest BCUT2D eigenvalue weighted by Crippen LogP contribution is 2.29. The third-order valence-electron chi connectivity index (χ3n) is 3.29. The van der Waals surface area contributed by atoms with Gasteiger partial charge in [-0.2, -0.15) is 5.26 Å². The second-order valence-electron chi connectivity index (χ2n) is 4.57. The van der Waals surface area contributed by atoms with Gasteiger partial charge in [-0.25, -0.2) is 0 Å². The van der Waals surface area contributed by atoms with E-state index in [0.29, 0.717) is 5.57 Å². The molecule has 0 bridgehead atoms. The van der Waals surface area contributed by atoms with Gasteiger partial charge in [0.2, 0.25) is 0 Å². The second-order valence-corrected chi connectivity index (χ2v) is 4.57. The highest BCUT2D eigenvalue weighted by atomic mass is 16.5. The first-order valence-electron chi connectivity index (χ1n) is 6.49. The number of benzene rings is 1. The quantitative estimate of drug-likeness (QED) is 0.742. The number of nitrogens with one attached hydrogen (secondary N) is 1. The van der Waals surface area contributed by atoms with Crippen molar-refractivity contribution in [1.82, 2.24) is 9.97 Å². The van der Waals surface area contributed by atoms with E-state index < -0.39 is 0 Å². The van der Waals surface area contributed by atoms with Gasteiger partial charge in [0.15, 0.2) is 0 Å². The number of methoxy groups -OCH3 is 1. The van der Waals surface area contributed by atoms with Crippen molar-refractivity contribution < 1.29 is 4.74 Å². The molecule has 21 heavy (non-hydrogen) atoms. The van der Waals surface area contributed by atoms with E-state index in [2.05, 4.69) is 16.0 Å². The minimum atomic E-state index is 0.586. The molecule has 0 unspecified atom stereocenters. The van der Waals surface area contributed by atoms with E-state index in [0.717, 1.165) is 27.8 Å². The minimum Gasteiger partial charge on any atom is -0.497 e. The van der Waals surface area contributed by atoms with Crippen LogP contribution in [0, 0.1) is 11.3 Å². The fourth-order valence-electron chi connectivity index (χ4n) is 2.25. The van der Waals surface area contributed by atoms with Gasteiger partial charge < -0.3 is 9.72 Å². The topological polar surface area (TPSA) is 61.7 Å². The number of allylic oxidation sites excluding steroid dienone is 1. The number of nitrogens with zero attached hydrogens (tertiary/aromatic N) is 2. The average Bonchev–Trinajstić information content (AvgIpc) is 2.96. The number of hydrogen-bond donors (Lipinski definition) is 1. The lowest BCUT2D eigenvalue weighted by atomic mass is 10.0. The lowest BCUT2D eigenvalue weighted by Gasteiger charge is -2.01. The fraction of sp³-hybridized carbons (Fsp3) is 0.0588. The van der Waals surface area contributed by atoms with Crippen molar-refractivity contribution in [2.75, 3.05) is 7.11 Å². The van der Waals surface area contributed by atoms with Crippen molar-refractivity contribution in [2.24, 2.45) is 0 Å². The van der Waals surface area contributed by atoms with Crippen molar-refractivity contribution in [3.05, 3.63) is 60.0 Å². The first kappa shape index (κ1) is 12.9. The van der Waals surface area contributed by atoms with Crippen LogP contribution in [-0.4, -0.2) is 17.1 Å². The number of H-pyrrole nitrogens is 1. The molecule has 3 aromatic rings.